The molecule has 0 heterocycles. The zero-order valence-corrected chi connectivity index (χ0v) is 21.2. The third kappa shape index (κ3) is 8.93. The van der Waals surface area contributed by atoms with E-state index in [2.05, 4.69) is 5.32 Å². The van der Waals surface area contributed by atoms with Crippen LogP contribution in [-0.2, 0) is 26.2 Å². The van der Waals surface area contributed by atoms with E-state index in [1.807, 2.05) is 6.92 Å². The van der Waals surface area contributed by atoms with Gasteiger partial charge in [0.05, 0.1) is 11.9 Å². The Kier molecular flexibility index (Phi) is 10.6. The van der Waals surface area contributed by atoms with Gasteiger partial charge in [-0.2, -0.15) is 0 Å². The Morgan fingerprint density at radius 3 is 2.09 bits per heavy atom. The summed E-state index contributed by atoms with van der Waals surface area (Å²) in [6, 6.07) is 9.97. The predicted octanol–water partition coefficient (Wildman–Crippen LogP) is 3.84. The monoisotopic (exact) mass is 509 g/mol. The summed E-state index contributed by atoms with van der Waals surface area (Å²) in [5.41, 5.74) is 0.963. The molecule has 0 bridgehead atoms. The molecule has 0 aliphatic carbocycles. The number of nitrogens with zero attached hydrogens (tertiary/aromatic N) is 2. The number of hydrogen-bond donors (Lipinski definition) is 1. The van der Waals surface area contributed by atoms with Crippen molar-refractivity contribution >= 4 is 27.5 Å². The van der Waals surface area contributed by atoms with E-state index in [-0.39, 0.29) is 37.7 Å². The lowest BCUT2D eigenvalue weighted by molar-refractivity contribution is -0.140. The first-order valence-electron chi connectivity index (χ1n) is 11.6. The third-order valence-electron chi connectivity index (χ3n) is 5.53. The SMILES string of the molecule is CCCCNC(=O)C(C)N(Cc1ccc(F)cc1)C(=O)CCCN(c1ccc(F)cc1)S(C)(=O)=O. The van der Waals surface area contributed by atoms with Gasteiger partial charge in [0.25, 0.3) is 0 Å². The van der Waals surface area contributed by atoms with E-state index in [1.165, 1.54) is 41.3 Å². The molecule has 2 aromatic carbocycles. The van der Waals surface area contributed by atoms with Gasteiger partial charge in [-0.25, -0.2) is 17.2 Å². The molecule has 0 aliphatic rings. The fourth-order valence-corrected chi connectivity index (χ4v) is 4.48. The summed E-state index contributed by atoms with van der Waals surface area (Å²) >= 11 is 0. The number of carbonyl (C=O) groups excluding carboxylic acids is 2. The summed E-state index contributed by atoms with van der Waals surface area (Å²) in [5.74, 6) is -1.52. The summed E-state index contributed by atoms with van der Waals surface area (Å²) in [5, 5.41) is 2.82. The molecule has 0 saturated carbocycles. The van der Waals surface area contributed by atoms with Gasteiger partial charge in [-0.15, -0.1) is 0 Å². The maximum absolute atomic E-state index is 13.3. The van der Waals surface area contributed by atoms with Crippen molar-refractivity contribution in [2.45, 2.75) is 52.1 Å². The molecule has 35 heavy (non-hydrogen) atoms. The van der Waals surface area contributed by atoms with Crippen LogP contribution in [0.5, 0.6) is 0 Å². The molecule has 10 heteroatoms. The lowest BCUT2D eigenvalue weighted by atomic mass is 10.1. The molecule has 0 fully saturated rings. The second-order valence-electron chi connectivity index (χ2n) is 8.38. The van der Waals surface area contributed by atoms with Gasteiger partial charge in [0.2, 0.25) is 21.8 Å². The van der Waals surface area contributed by atoms with E-state index in [0.29, 0.717) is 17.8 Å². The molecule has 1 atom stereocenters. The highest BCUT2D eigenvalue weighted by Gasteiger charge is 2.26. The number of sulfonamides is 1. The van der Waals surface area contributed by atoms with Crippen molar-refractivity contribution in [3.63, 3.8) is 0 Å². The molecule has 2 rings (SSSR count). The van der Waals surface area contributed by atoms with Crippen LogP contribution in [0.2, 0.25) is 0 Å². The Bertz CT molecular complexity index is 1080. The topological polar surface area (TPSA) is 86.8 Å². The lowest BCUT2D eigenvalue weighted by Gasteiger charge is -2.29. The Balaban J connectivity index is 2.12. The van der Waals surface area contributed by atoms with Crippen molar-refractivity contribution in [3.05, 3.63) is 65.7 Å². The first-order valence-corrected chi connectivity index (χ1v) is 13.4. The van der Waals surface area contributed by atoms with Crippen LogP contribution in [0.15, 0.2) is 48.5 Å². The highest BCUT2D eigenvalue weighted by atomic mass is 32.2. The van der Waals surface area contributed by atoms with E-state index in [1.54, 1.807) is 19.1 Å². The van der Waals surface area contributed by atoms with E-state index in [9.17, 15) is 26.8 Å². The highest BCUT2D eigenvalue weighted by Crippen LogP contribution is 2.19. The van der Waals surface area contributed by atoms with Crippen molar-refractivity contribution in [1.82, 2.24) is 10.2 Å². The van der Waals surface area contributed by atoms with Gasteiger partial charge in [-0.3, -0.25) is 13.9 Å². The molecule has 0 aromatic heterocycles. The number of rotatable bonds is 13. The number of unbranched alkanes of at least 4 members (excludes halogenated alkanes) is 1. The van der Waals surface area contributed by atoms with E-state index in [4.69, 9.17) is 0 Å². The average Bonchev–Trinajstić information content (AvgIpc) is 2.81. The minimum atomic E-state index is -3.66. The zero-order chi connectivity index (χ0) is 26.0. The maximum atomic E-state index is 13.3. The molecule has 1 unspecified atom stereocenters. The lowest BCUT2D eigenvalue weighted by Crippen LogP contribution is -2.48. The van der Waals surface area contributed by atoms with Gasteiger partial charge in [0.1, 0.15) is 17.7 Å². The van der Waals surface area contributed by atoms with Gasteiger partial charge in [-0.1, -0.05) is 25.5 Å². The molecule has 0 aliphatic heterocycles. The Labute approximate surface area is 206 Å². The number of amides is 2. The molecular weight excluding hydrogens is 476 g/mol. The molecule has 7 nitrogen and oxygen atoms in total. The third-order valence-corrected chi connectivity index (χ3v) is 6.72. The first-order chi connectivity index (χ1) is 16.5. The predicted molar refractivity (Wildman–Crippen MR) is 132 cm³/mol. The number of benzene rings is 2. The molecule has 2 amide bonds. The van der Waals surface area contributed by atoms with Crippen LogP contribution >= 0.6 is 0 Å². The fraction of sp³-hybridized carbons (Fsp3) is 0.440. The van der Waals surface area contributed by atoms with Gasteiger partial charge < -0.3 is 10.2 Å². The molecular formula is C25H33F2N3O4S. The van der Waals surface area contributed by atoms with Gasteiger partial charge in [0.15, 0.2) is 0 Å². The number of hydrogen-bond acceptors (Lipinski definition) is 4. The zero-order valence-electron chi connectivity index (χ0n) is 20.3. The van der Waals surface area contributed by atoms with Crippen LogP contribution in [0.1, 0.15) is 45.1 Å². The Morgan fingerprint density at radius 1 is 0.971 bits per heavy atom. The van der Waals surface area contributed by atoms with Crippen molar-refractivity contribution in [2.24, 2.45) is 0 Å². The van der Waals surface area contributed by atoms with Crippen LogP contribution in [0.25, 0.3) is 0 Å². The van der Waals surface area contributed by atoms with Crippen molar-refractivity contribution in [2.75, 3.05) is 23.7 Å². The molecule has 0 radical (unpaired) electrons. The average molecular weight is 510 g/mol. The van der Waals surface area contributed by atoms with E-state index < -0.39 is 27.7 Å². The standard InChI is InChI=1S/C25H33F2N3O4S/c1-4-5-16-28-25(32)19(2)29(18-20-8-10-21(26)11-9-20)24(31)7-6-17-30(35(3,33)34)23-14-12-22(27)13-15-23/h8-15,19H,4-7,16-18H2,1-3H3,(H,28,32). The largest absolute Gasteiger partial charge is 0.354 e. The Hall–Kier alpha value is -3.01. The van der Waals surface area contributed by atoms with Gasteiger partial charge >= 0.3 is 0 Å². The smallest absolute Gasteiger partial charge is 0.242 e. The van der Waals surface area contributed by atoms with E-state index in [0.717, 1.165) is 23.4 Å². The summed E-state index contributed by atoms with van der Waals surface area (Å²) < 4.78 is 52.2. The minimum absolute atomic E-state index is 0.0116. The summed E-state index contributed by atoms with van der Waals surface area (Å²) in [4.78, 5) is 27.2. The molecule has 192 valence electrons. The quantitative estimate of drug-likeness (QED) is 0.416. The maximum Gasteiger partial charge on any atom is 0.242 e. The van der Waals surface area contributed by atoms with Gasteiger partial charge in [0, 0.05) is 26.1 Å². The molecule has 1 N–H and O–H groups in total. The number of nitrogens with one attached hydrogen (secondary N) is 1. The second kappa shape index (κ2) is 13.2. The number of carbonyl (C=O) groups is 2. The molecule has 2 aromatic rings. The van der Waals surface area contributed by atoms with Crippen LogP contribution in [0.3, 0.4) is 0 Å². The van der Waals surface area contributed by atoms with Crippen molar-refractivity contribution in [1.29, 1.82) is 0 Å². The summed E-state index contributed by atoms with van der Waals surface area (Å²) in [7, 11) is -3.66. The van der Waals surface area contributed by atoms with Crippen LogP contribution in [0, 0.1) is 11.6 Å². The van der Waals surface area contributed by atoms with Crippen LogP contribution < -0.4 is 9.62 Å². The number of halogens is 2. The second-order valence-corrected chi connectivity index (χ2v) is 10.3. The van der Waals surface area contributed by atoms with Gasteiger partial charge in [-0.05, 0) is 61.7 Å². The molecule has 0 saturated heterocycles. The first kappa shape index (κ1) is 28.2. The van der Waals surface area contributed by atoms with Crippen LogP contribution in [0.4, 0.5) is 14.5 Å². The summed E-state index contributed by atoms with van der Waals surface area (Å²) in [6.07, 6.45) is 2.95. The number of anilines is 1. The van der Waals surface area contributed by atoms with E-state index >= 15 is 0 Å². The Morgan fingerprint density at radius 2 is 1.54 bits per heavy atom. The fourth-order valence-electron chi connectivity index (χ4n) is 3.52. The minimum Gasteiger partial charge on any atom is -0.354 e. The highest BCUT2D eigenvalue weighted by molar-refractivity contribution is 7.92. The van der Waals surface area contributed by atoms with Crippen molar-refractivity contribution in [3.8, 4) is 0 Å². The van der Waals surface area contributed by atoms with Crippen molar-refractivity contribution < 1.29 is 26.8 Å². The van der Waals surface area contributed by atoms with Crippen LogP contribution in [-0.4, -0.2) is 50.5 Å². The normalized spacial score (nSPS) is 12.1. The molecule has 0 spiro atoms. The summed E-state index contributed by atoms with van der Waals surface area (Å²) in [6.45, 7) is 4.25.